The van der Waals surface area contributed by atoms with Crippen molar-refractivity contribution in [2.45, 2.75) is 0 Å². The minimum Gasteiger partial charge on any atom is -0.506 e. The van der Waals surface area contributed by atoms with Crippen LogP contribution in [0.3, 0.4) is 0 Å². The largest absolute Gasteiger partial charge is 0.506 e. The second-order valence-electron chi connectivity index (χ2n) is 2.59. The standard InChI is InChI=1S/C9H9NO2/c1-12-7-4-6-2-3-10-9(6)8(11)5-7/h2-5,10-11H,1H3. The molecule has 0 aliphatic carbocycles. The normalized spacial score (nSPS) is 10.4. The molecular formula is C9H9NO2. The van der Waals surface area contributed by atoms with Crippen LogP contribution in [0.15, 0.2) is 24.4 Å². The van der Waals surface area contributed by atoms with E-state index in [9.17, 15) is 5.11 Å². The van der Waals surface area contributed by atoms with Gasteiger partial charge in [-0.15, -0.1) is 0 Å². The van der Waals surface area contributed by atoms with Gasteiger partial charge in [0.15, 0.2) is 0 Å². The molecule has 2 N–H and O–H groups in total. The maximum atomic E-state index is 9.46. The van der Waals surface area contributed by atoms with E-state index in [1.807, 2.05) is 12.1 Å². The molecule has 0 saturated heterocycles. The van der Waals surface area contributed by atoms with Gasteiger partial charge in [-0.25, -0.2) is 0 Å². The quantitative estimate of drug-likeness (QED) is 0.674. The van der Waals surface area contributed by atoms with Crippen molar-refractivity contribution in [3.63, 3.8) is 0 Å². The fraction of sp³-hybridized carbons (Fsp3) is 0.111. The van der Waals surface area contributed by atoms with Crippen LogP contribution in [0, 0.1) is 0 Å². The Morgan fingerprint density at radius 2 is 2.25 bits per heavy atom. The van der Waals surface area contributed by atoms with Gasteiger partial charge in [0, 0.05) is 17.6 Å². The van der Waals surface area contributed by atoms with Crippen molar-refractivity contribution in [3.8, 4) is 11.5 Å². The molecular weight excluding hydrogens is 154 g/mol. The van der Waals surface area contributed by atoms with E-state index < -0.39 is 0 Å². The third-order valence-electron chi connectivity index (χ3n) is 1.85. The van der Waals surface area contributed by atoms with Crippen molar-refractivity contribution < 1.29 is 9.84 Å². The zero-order valence-corrected chi connectivity index (χ0v) is 6.66. The molecule has 0 aliphatic rings. The maximum absolute atomic E-state index is 9.46. The highest BCUT2D eigenvalue weighted by molar-refractivity contribution is 5.86. The lowest BCUT2D eigenvalue weighted by Gasteiger charge is -2.00. The summed E-state index contributed by atoms with van der Waals surface area (Å²) in [6, 6.07) is 5.34. The minimum absolute atomic E-state index is 0.217. The van der Waals surface area contributed by atoms with Crippen LogP contribution in [0.5, 0.6) is 11.5 Å². The Balaban J connectivity index is 2.75. The minimum atomic E-state index is 0.217. The van der Waals surface area contributed by atoms with Gasteiger partial charge in [-0.05, 0) is 12.1 Å². The molecule has 3 heteroatoms. The van der Waals surface area contributed by atoms with E-state index in [2.05, 4.69) is 4.98 Å². The monoisotopic (exact) mass is 163 g/mol. The molecule has 0 unspecified atom stereocenters. The first kappa shape index (κ1) is 7.03. The summed E-state index contributed by atoms with van der Waals surface area (Å²) in [6.45, 7) is 0. The summed E-state index contributed by atoms with van der Waals surface area (Å²) in [6.07, 6.45) is 1.78. The molecule has 12 heavy (non-hydrogen) atoms. The average Bonchev–Trinajstić information content (AvgIpc) is 2.52. The predicted octanol–water partition coefficient (Wildman–Crippen LogP) is 1.88. The molecule has 62 valence electrons. The van der Waals surface area contributed by atoms with Gasteiger partial charge in [0.05, 0.1) is 12.6 Å². The molecule has 0 spiro atoms. The van der Waals surface area contributed by atoms with Crippen molar-refractivity contribution in [2.75, 3.05) is 7.11 Å². The molecule has 0 atom stereocenters. The molecule has 0 fully saturated rings. The van der Waals surface area contributed by atoms with Gasteiger partial charge in [-0.3, -0.25) is 0 Å². The molecule has 0 bridgehead atoms. The van der Waals surface area contributed by atoms with Crippen LogP contribution < -0.4 is 4.74 Å². The molecule has 0 aliphatic heterocycles. The fourth-order valence-electron chi connectivity index (χ4n) is 1.24. The number of hydrogen-bond donors (Lipinski definition) is 2. The molecule has 0 radical (unpaired) electrons. The van der Waals surface area contributed by atoms with Gasteiger partial charge in [-0.2, -0.15) is 0 Å². The summed E-state index contributed by atoms with van der Waals surface area (Å²) >= 11 is 0. The number of aromatic nitrogens is 1. The number of phenols is 1. The first-order chi connectivity index (χ1) is 5.81. The van der Waals surface area contributed by atoms with Crippen LogP contribution in [-0.2, 0) is 0 Å². The third-order valence-corrected chi connectivity index (χ3v) is 1.85. The topological polar surface area (TPSA) is 45.2 Å². The molecule has 3 nitrogen and oxygen atoms in total. The highest BCUT2D eigenvalue weighted by atomic mass is 16.5. The summed E-state index contributed by atoms with van der Waals surface area (Å²) in [7, 11) is 1.58. The number of hydrogen-bond acceptors (Lipinski definition) is 2. The summed E-state index contributed by atoms with van der Waals surface area (Å²) in [5.41, 5.74) is 0.746. The Morgan fingerprint density at radius 3 is 3.00 bits per heavy atom. The number of aromatic amines is 1. The molecule has 0 saturated carbocycles. The first-order valence-corrected chi connectivity index (χ1v) is 3.65. The lowest BCUT2D eigenvalue weighted by molar-refractivity contribution is 0.409. The molecule has 1 aromatic carbocycles. The van der Waals surface area contributed by atoms with Crippen molar-refractivity contribution in [1.82, 2.24) is 4.98 Å². The SMILES string of the molecule is COc1cc(O)c2[nH]ccc2c1. The van der Waals surface area contributed by atoms with Gasteiger partial charge in [-0.1, -0.05) is 0 Å². The maximum Gasteiger partial charge on any atom is 0.143 e. The molecule has 1 aromatic heterocycles. The van der Waals surface area contributed by atoms with Gasteiger partial charge < -0.3 is 14.8 Å². The lowest BCUT2D eigenvalue weighted by atomic mass is 10.2. The van der Waals surface area contributed by atoms with Crippen LogP contribution in [0.2, 0.25) is 0 Å². The van der Waals surface area contributed by atoms with Crippen molar-refractivity contribution >= 4 is 10.9 Å². The van der Waals surface area contributed by atoms with E-state index in [1.54, 1.807) is 19.4 Å². The highest BCUT2D eigenvalue weighted by Crippen LogP contribution is 2.28. The summed E-state index contributed by atoms with van der Waals surface area (Å²) < 4.78 is 5.00. The van der Waals surface area contributed by atoms with Crippen LogP contribution in [0.25, 0.3) is 10.9 Å². The zero-order chi connectivity index (χ0) is 8.55. The molecule has 2 aromatic rings. The van der Waals surface area contributed by atoms with Crippen molar-refractivity contribution in [2.24, 2.45) is 0 Å². The summed E-state index contributed by atoms with van der Waals surface area (Å²) in [5, 5.41) is 10.4. The van der Waals surface area contributed by atoms with Crippen molar-refractivity contribution in [3.05, 3.63) is 24.4 Å². The highest BCUT2D eigenvalue weighted by Gasteiger charge is 2.02. The van der Waals surface area contributed by atoms with Crippen molar-refractivity contribution in [1.29, 1.82) is 0 Å². The van der Waals surface area contributed by atoms with Crippen LogP contribution in [0.1, 0.15) is 0 Å². The number of rotatable bonds is 1. The van der Waals surface area contributed by atoms with Crippen LogP contribution >= 0.6 is 0 Å². The van der Waals surface area contributed by atoms with E-state index in [-0.39, 0.29) is 5.75 Å². The van der Waals surface area contributed by atoms with Gasteiger partial charge in [0.2, 0.25) is 0 Å². The Morgan fingerprint density at radius 1 is 1.42 bits per heavy atom. The fourth-order valence-corrected chi connectivity index (χ4v) is 1.24. The van der Waals surface area contributed by atoms with E-state index in [4.69, 9.17) is 4.74 Å². The number of benzene rings is 1. The second-order valence-corrected chi connectivity index (χ2v) is 2.59. The molecule has 0 amide bonds. The number of H-pyrrole nitrogens is 1. The van der Waals surface area contributed by atoms with Gasteiger partial charge in [0.25, 0.3) is 0 Å². The number of aromatic hydroxyl groups is 1. The van der Waals surface area contributed by atoms with E-state index in [0.29, 0.717) is 5.75 Å². The molecule has 2 rings (SSSR count). The first-order valence-electron chi connectivity index (χ1n) is 3.65. The Labute approximate surface area is 69.6 Å². The van der Waals surface area contributed by atoms with Gasteiger partial charge >= 0.3 is 0 Å². The number of ether oxygens (including phenoxy) is 1. The Hall–Kier alpha value is -1.64. The third kappa shape index (κ3) is 0.906. The van der Waals surface area contributed by atoms with E-state index in [1.165, 1.54) is 0 Å². The number of fused-ring (bicyclic) bond motifs is 1. The van der Waals surface area contributed by atoms with Crippen LogP contribution in [0.4, 0.5) is 0 Å². The van der Waals surface area contributed by atoms with E-state index >= 15 is 0 Å². The van der Waals surface area contributed by atoms with Crippen LogP contribution in [-0.4, -0.2) is 17.2 Å². The van der Waals surface area contributed by atoms with Gasteiger partial charge in [0.1, 0.15) is 11.5 Å². The number of methoxy groups -OCH3 is 1. The number of nitrogens with one attached hydrogen (secondary N) is 1. The molecule has 1 heterocycles. The van der Waals surface area contributed by atoms with E-state index in [0.717, 1.165) is 10.9 Å². The second kappa shape index (κ2) is 2.44. The smallest absolute Gasteiger partial charge is 0.143 e. The number of phenolic OH excluding ortho intramolecular Hbond substituents is 1. The lowest BCUT2D eigenvalue weighted by Crippen LogP contribution is -1.81. The Kier molecular flexibility index (Phi) is 1.43. The average molecular weight is 163 g/mol. The predicted molar refractivity (Wildman–Crippen MR) is 46.5 cm³/mol. The Bertz CT molecular complexity index is 406. The summed E-state index contributed by atoms with van der Waals surface area (Å²) in [4.78, 5) is 2.93. The summed E-state index contributed by atoms with van der Waals surface area (Å²) in [5.74, 6) is 0.883. The zero-order valence-electron chi connectivity index (χ0n) is 6.66.